The number of nitrogens with zero attached hydrogens (tertiary/aromatic N) is 1. The highest BCUT2D eigenvalue weighted by molar-refractivity contribution is 7.26. The summed E-state index contributed by atoms with van der Waals surface area (Å²) in [6.45, 7) is 0. The molecule has 5 heteroatoms. The van der Waals surface area contributed by atoms with E-state index in [0.717, 1.165) is 44.3 Å². The molecule has 3 heterocycles. The van der Waals surface area contributed by atoms with Crippen LogP contribution in [0.15, 0.2) is 173 Å². The van der Waals surface area contributed by atoms with Gasteiger partial charge in [0.2, 0.25) is 0 Å². The maximum Gasteiger partial charge on any atom is 0.144 e. The third kappa shape index (κ3) is 4.46. The van der Waals surface area contributed by atoms with Crippen LogP contribution in [0.1, 0.15) is 29.0 Å². The maximum absolute atomic E-state index is 6.64. The minimum Gasteiger partial charge on any atom is -0.455 e. The van der Waals surface area contributed by atoms with Crippen molar-refractivity contribution in [2.75, 3.05) is 0 Å². The minimum absolute atomic E-state index is 0.252. The summed E-state index contributed by atoms with van der Waals surface area (Å²) in [5.41, 5.74) is 7.69. The van der Waals surface area contributed by atoms with Crippen molar-refractivity contribution < 1.29 is 4.42 Å². The molecule has 0 fully saturated rings. The molecule has 2 N–H and O–H groups in total. The van der Waals surface area contributed by atoms with Crippen LogP contribution in [-0.2, 0) is 0 Å². The lowest BCUT2D eigenvalue weighted by atomic mass is 9.87. The van der Waals surface area contributed by atoms with Crippen molar-refractivity contribution in [3.8, 4) is 11.1 Å². The van der Waals surface area contributed by atoms with Crippen molar-refractivity contribution in [2.45, 2.75) is 12.3 Å². The Morgan fingerprint density at radius 3 is 1.83 bits per heavy atom. The van der Waals surface area contributed by atoms with Gasteiger partial charge in [-0.1, -0.05) is 146 Å². The van der Waals surface area contributed by atoms with Crippen LogP contribution in [0.25, 0.3) is 74.8 Å². The molecule has 2 aromatic heterocycles. The Bertz CT molecular complexity index is 2980. The van der Waals surface area contributed by atoms with Gasteiger partial charge in [-0.25, -0.2) is 4.99 Å². The van der Waals surface area contributed by atoms with Crippen LogP contribution < -0.4 is 10.6 Å². The van der Waals surface area contributed by atoms with Gasteiger partial charge in [0.25, 0.3) is 0 Å². The highest BCUT2D eigenvalue weighted by atomic mass is 32.1. The number of para-hydroxylation sites is 1. The Morgan fingerprint density at radius 2 is 1.12 bits per heavy atom. The molecule has 0 radical (unpaired) electrons. The van der Waals surface area contributed by atoms with Gasteiger partial charge in [0.15, 0.2) is 0 Å². The molecular formula is C47H31N3OS. The van der Waals surface area contributed by atoms with Crippen LogP contribution >= 0.6 is 11.3 Å². The Morgan fingerprint density at radius 1 is 0.538 bits per heavy atom. The van der Waals surface area contributed by atoms with Gasteiger partial charge in [-0.15, -0.1) is 11.3 Å². The van der Waals surface area contributed by atoms with Crippen LogP contribution in [0.2, 0.25) is 0 Å². The van der Waals surface area contributed by atoms with E-state index in [-0.39, 0.29) is 12.3 Å². The summed E-state index contributed by atoms with van der Waals surface area (Å²) < 4.78 is 9.09. The predicted molar refractivity (Wildman–Crippen MR) is 218 cm³/mol. The second-order valence-corrected chi connectivity index (χ2v) is 14.5. The zero-order chi connectivity index (χ0) is 34.2. The molecule has 0 saturated heterocycles. The van der Waals surface area contributed by atoms with E-state index in [9.17, 15) is 0 Å². The number of rotatable bonds is 4. The van der Waals surface area contributed by atoms with Crippen molar-refractivity contribution in [1.29, 1.82) is 0 Å². The topological polar surface area (TPSA) is 49.6 Å². The normalized spacial score (nSPS) is 16.3. The molecule has 10 aromatic rings. The van der Waals surface area contributed by atoms with Crippen molar-refractivity contribution in [3.63, 3.8) is 0 Å². The molecule has 4 nitrogen and oxygen atoms in total. The van der Waals surface area contributed by atoms with Gasteiger partial charge in [0.05, 0.1) is 0 Å². The van der Waals surface area contributed by atoms with Crippen molar-refractivity contribution in [2.24, 2.45) is 4.99 Å². The average molecular weight is 686 g/mol. The first kappa shape index (κ1) is 29.5. The quantitative estimate of drug-likeness (QED) is 0.181. The molecule has 0 amide bonds. The van der Waals surface area contributed by atoms with Gasteiger partial charge in [0, 0.05) is 42.1 Å². The third-order valence-corrected chi connectivity index (χ3v) is 11.8. The Kier molecular flexibility index (Phi) is 6.59. The average Bonchev–Trinajstić information content (AvgIpc) is 3.79. The summed E-state index contributed by atoms with van der Waals surface area (Å²) >= 11 is 1.83. The highest BCUT2D eigenvalue weighted by Gasteiger charge is 2.31. The second kappa shape index (κ2) is 11.6. The number of amidine groups is 1. The first-order valence-electron chi connectivity index (χ1n) is 17.7. The summed E-state index contributed by atoms with van der Waals surface area (Å²) in [4.78, 5) is 5.51. The molecule has 2 unspecified atom stereocenters. The zero-order valence-corrected chi connectivity index (χ0v) is 28.8. The Hall–Kier alpha value is -6.27. The van der Waals surface area contributed by atoms with Crippen LogP contribution in [0.5, 0.6) is 0 Å². The molecule has 0 aliphatic carbocycles. The van der Waals surface area contributed by atoms with Gasteiger partial charge in [-0.05, 0) is 56.4 Å². The van der Waals surface area contributed by atoms with Crippen molar-refractivity contribution >= 4 is 80.8 Å². The summed E-state index contributed by atoms with van der Waals surface area (Å²) in [5.74, 6) is 0.871. The van der Waals surface area contributed by atoms with E-state index in [4.69, 9.17) is 9.41 Å². The van der Waals surface area contributed by atoms with Gasteiger partial charge in [-0.2, -0.15) is 0 Å². The van der Waals surface area contributed by atoms with Gasteiger partial charge >= 0.3 is 0 Å². The van der Waals surface area contributed by atoms with E-state index in [1.807, 2.05) is 17.4 Å². The molecule has 2 atom stereocenters. The fourth-order valence-corrected chi connectivity index (χ4v) is 9.50. The minimum atomic E-state index is -0.282. The van der Waals surface area contributed by atoms with E-state index in [0.29, 0.717) is 0 Å². The number of aliphatic imine (C=N–C) groups is 1. The molecule has 8 aromatic carbocycles. The lowest BCUT2D eigenvalue weighted by Gasteiger charge is -2.33. The van der Waals surface area contributed by atoms with E-state index >= 15 is 0 Å². The maximum atomic E-state index is 6.64. The van der Waals surface area contributed by atoms with Crippen molar-refractivity contribution in [1.82, 2.24) is 10.6 Å². The third-order valence-electron chi connectivity index (χ3n) is 10.5. The van der Waals surface area contributed by atoms with E-state index in [1.165, 1.54) is 53.0 Å². The monoisotopic (exact) mass is 685 g/mol. The number of furan rings is 1. The molecule has 0 saturated carbocycles. The molecule has 0 bridgehead atoms. The molecule has 246 valence electrons. The fraction of sp³-hybridized carbons (Fsp3) is 0.0426. The summed E-state index contributed by atoms with van der Waals surface area (Å²) in [7, 11) is 0. The van der Waals surface area contributed by atoms with Gasteiger partial charge < -0.3 is 9.73 Å². The molecule has 0 spiro atoms. The number of thiophene rings is 1. The summed E-state index contributed by atoms with van der Waals surface area (Å²) in [6.07, 6.45) is -0.535. The highest BCUT2D eigenvalue weighted by Crippen LogP contribution is 2.46. The lowest BCUT2D eigenvalue weighted by molar-refractivity contribution is 0.411. The predicted octanol–water partition coefficient (Wildman–Crippen LogP) is 12.3. The number of fused-ring (bicyclic) bond motifs is 9. The fourth-order valence-electron chi connectivity index (χ4n) is 8.25. The molecular weight excluding hydrogens is 655 g/mol. The molecule has 1 aliphatic heterocycles. The van der Waals surface area contributed by atoms with Crippen LogP contribution in [0.4, 0.5) is 0 Å². The summed E-state index contributed by atoms with van der Waals surface area (Å²) in [6, 6.07) is 58.3. The van der Waals surface area contributed by atoms with E-state index in [1.54, 1.807) is 0 Å². The van der Waals surface area contributed by atoms with Crippen LogP contribution in [-0.4, -0.2) is 5.84 Å². The second-order valence-electron chi connectivity index (χ2n) is 13.5. The number of benzene rings is 8. The van der Waals surface area contributed by atoms with E-state index in [2.05, 4.69) is 168 Å². The smallest absolute Gasteiger partial charge is 0.144 e. The first-order chi connectivity index (χ1) is 25.8. The largest absolute Gasteiger partial charge is 0.455 e. The standard InChI is InChI=1S/C47H31N3OS/c1-3-15-28(16-4-1)40-31-20-7-9-22-33(31)41(34-23-10-8-21-32(34)40)47-49-45(29-17-5-2-6-18-29)48-46(50-47)37-27-36-30-19-11-13-25-38(30)51-43(36)42-35-24-12-14-26-39(35)52-44(37)42/h1-27,45-46,48H,(H,49,50). The lowest BCUT2D eigenvalue weighted by Crippen LogP contribution is -2.45. The van der Waals surface area contributed by atoms with Crippen LogP contribution in [0, 0.1) is 0 Å². The number of hydrogen-bond donors (Lipinski definition) is 2. The molecule has 11 rings (SSSR count). The van der Waals surface area contributed by atoms with E-state index < -0.39 is 0 Å². The number of nitrogens with one attached hydrogen (secondary N) is 2. The van der Waals surface area contributed by atoms with Gasteiger partial charge in [-0.3, -0.25) is 5.32 Å². The molecule has 52 heavy (non-hydrogen) atoms. The Labute approximate surface area is 303 Å². The Balaban J connectivity index is 1.19. The SMILES string of the molecule is c1ccc(-c2c3ccccc3c(C3=NC(c4ccccc4)NC(c4cc5c6ccccc6oc5c5c4sc4ccccc45)N3)c3ccccc23)cc1. The van der Waals surface area contributed by atoms with Crippen molar-refractivity contribution in [3.05, 3.63) is 180 Å². The van der Waals surface area contributed by atoms with Gasteiger partial charge in [0.1, 0.15) is 29.3 Å². The molecule has 1 aliphatic rings. The zero-order valence-electron chi connectivity index (χ0n) is 28.0. The summed E-state index contributed by atoms with van der Waals surface area (Å²) in [5, 5.41) is 17.3. The number of hydrogen-bond acceptors (Lipinski definition) is 5. The van der Waals surface area contributed by atoms with Crippen LogP contribution in [0.3, 0.4) is 0 Å². The first-order valence-corrected chi connectivity index (χ1v) is 18.5.